The Bertz CT molecular complexity index is 1220. The topological polar surface area (TPSA) is 138 Å². The fourth-order valence-corrected chi connectivity index (χ4v) is 6.60. The van der Waals surface area contributed by atoms with E-state index in [9.17, 15) is 16.8 Å². The third kappa shape index (κ3) is 2.91. The maximum absolute atomic E-state index is 12.9. The van der Waals surface area contributed by atoms with Crippen molar-refractivity contribution in [3.63, 3.8) is 0 Å². The Hall–Kier alpha value is -2.25. The quantitative estimate of drug-likeness (QED) is 0.618. The molecule has 0 aromatic carbocycles. The van der Waals surface area contributed by atoms with Crippen molar-refractivity contribution in [2.75, 3.05) is 0 Å². The molecule has 140 valence electrons. The van der Waals surface area contributed by atoms with Gasteiger partial charge in [-0.25, -0.2) is 12.4 Å². The Morgan fingerprint density at radius 3 is 2.00 bits per heavy atom. The fraction of sp³-hybridized carbons (Fsp3) is 0.308. The molecule has 3 rings (SSSR count). The second kappa shape index (κ2) is 6.17. The molecule has 0 amide bonds. The van der Waals surface area contributed by atoms with Crippen LogP contribution in [0.15, 0.2) is 34.8 Å². The first-order valence-corrected chi connectivity index (χ1v) is 10.9. The van der Waals surface area contributed by atoms with Crippen LogP contribution in [0.5, 0.6) is 0 Å². The van der Waals surface area contributed by atoms with Gasteiger partial charge in [0, 0.05) is 11.6 Å². The van der Waals surface area contributed by atoms with Gasteiger partial charge in [0.05, 0.1) is 0 Å². The number of aryl methyl sites for hydroxylation is 4. The summed E-state index contributed by atoms with van der Waals surface area (Å²) in [5.41, 5.74) is 0.309. The SMILES string of the molecule is Cc1noc(C)c1S(=O)(=O)N=c1sccn1S(=O)(=O)c1c(C)noc1C. The number of aromatic nitrogens is 3. The highest BCUT2D eigenvalue weighted by molar-refractivity contribution is 7.90. The highest BCUT2D eigenvalue weighted by atomic mass is 32.2. The largest absolute Gasteiger partial charge is 0.360 e. The lowest BCUT2D eigenvalue weighted by molar-refractivity contribution is 0.390. The van der Waals surface area contributed by atoms with Crippen molar-refractivity contribution in [3.8, 4) is 0 Å². The highest BCUT2D eigenvalue weighted by Crippen LogP contribution is 2.23. The molecular formula is C13H14N4O6S3. The second-order valence-corrected chi connectivity index (χ2v) is 9.53. The number of rotatable bonds is 4. The number of hydrogen-bond acceptors (Lipinski definition) is 9. The van der Waals surface area contributed by atoms with Crippen molar-refractivity contribution in [3.05, 3.63) is 39.3 Å². The van der Waals surface area contributed by atoms with E-state index < -0.39 is 20.0 Å². The zero-order chi connectivity index (χ0) is 19.3. The van der Waals surface area contributed by atoms with E-state index in [1.165, 1.54) is 39.3 Å². The first kappa shape index (κ1) is 18.5. The van der Waals surface area contributed by atoms with E-state index in [4.69, 9.17) is 9.05 Å². The van der Waals surface area contributed by atoms with E-state index in [1.807, 2.05) is 0 Å². The molecule has 10 nitrogen and oxygen atoms in total. The molecule has 0 saturated heterocycles. The maximum atomic E-state index is 12.9. The van der Waals surface area contributed by atoms with Crippen LogP contribution in [-0.4, -0.2) is 31.1 Å². The van der Waals surface area contributed by atoms with Crippen LogP contribution < -0.4 is 4.80 Å². The van der Waals surface area contributed by atoms with Gasteiger partial charge in [-0.1, -0.05) is 10.3 Å². The van der Waals surface area contributed by atoms with Gasteiger partial charge in [-0.3, -0.25) is 0 Å². The molecule has 0 atom stereocenters. The molecule has 3 aromatic rings. The summed E-state index contributed by atoms with van der Waals surface area (Å²) >= 11 is 0.857. The van der Waals surface area contributed by atoms with Crippen molar-refractivity contribution < 1.29 is 25.9 Å². The van der Waals surface area contributed by atoms with Crippen LogP contribution in [0, 0.1) is 27.7 Å². The minimum atomic E-state index is -4.22. The minimum absolute atomic E-state index is 0.0722. The van der Waals surface area contributed by atoms with E-state index in [0.717, 1.165) is 15.3 Å². The fourth-order valence-electron chi connectivity index (χ4n) is 2.44. The van der Waals surface area contributed by atoms with Crippen LogP contribution in [0.1, 0.15) is 22.9 Å². The molecule has 0 aliphatic rings. The van der Waals surface area contributed by atoms with Crippen molar-refractivity contribution in [2.24, 2.45) is 4.40 Å². The van der Waals surface area contributed by atoms with E-state index in [0.29, 0.717) is 0 Å². The van der Waals surface area contributed by atoms with Crippen molar-refractivity contribution in [1.29, 1.82) is 0 Å². The number of hydrogen-bond donors (Lipinski definition) is 0. The average Bonchev–Trinajstić information content (AvgIpc) is 3.19. The van der Waals surface area contributed by atoms with Crippen LogP contribution in [0.25, 0.3) is 0 Å². The summed E-state index contributed by atoms with van der Waals surface area (Å²) < 4.78 is 65.2. The van der Waals surface area contributed by atoms with Crippen molar-refractivity contribution in [1.82, 2.24) is 14.3 Å². The molecule has 3 heterocycles. The summed E-state index contributed by atoms with van der Waals surface area (Å²) in [6.45, 7) is 5.83. The standard InChI is InChI=1S/C13H14N4O6S3/c1-7-11(9(3)22-14-7)25(18,19)16-13-17(5-6-24-13)26(20,21)12-8(2)15-23-10(12)4/h5-6H,1-4H3. The molecule has 0 saturated carbocycles. The van der Waals surface area contributed by atoms with Gasteiger partial charge < -0.3 is 9.05 Å². The Balaban J connectivity index is 2.23. The molecule has 13 heteroatoms. The van der Waals surface area contributed by atoms with Crippen molar-refractivity contribution >= 4 is 31.4 Å². The van der Waals surface area contributed by atoms with Gasteiger partial charge in [0.2, 0.25) is 4.80 Å². The van der Waals surface area contributed by atoms with Crippen LogP contribution in [0.4, 0.5) is 0 Å². The zero-order valence-corrected chi connectivity index (χ0v) is 16.6. The first-order chi connectivity index (χ1) is 12.1. The summed E-state index contributed by atoms with van der Waals surface area (Å²) in [6.07, 6.45) is 1.22. The van der Waals surface area contributed by atoms with E-state index in [-0.39, 0.29) is 37.5 Å². The average molecular weight is 418 g/mol. The third-order valence-corrected chi connectivity index (χ3v) is 7.88. The summed E-state index contributed by atoms with van der Waals surface area (Å²) in [6, 6.07) is 0. The normalized spacial score (nSPS) is 13.5. The highest BCUT2D eigenvalue weighted by Gasteiger charge is 2.29. The second-order valence-electron chi connectivity index (χ2n) is 5.36. The molecule has 0 radical (unpaired) electrons. The van der Waals surface area contributed by atoms with Crippen molar-refractivity contribution in [2.45, 2.75) is 37.5 Å². The van der Waals surface area contributed by atoms with Crippen LogP contribution in [0.2, 0.25) is 0 Å². The Labute approximate surface area is 152 Å². The Morgan fingerprint density at radius 2 is 1.50 bits per heavy atom. The predicted octanol–water partition coefficient (Wildman–Crippen LogP) is 1.29. The Morgan fingerprint density at radius 1 is 0.962 bits per heavy atom. The Kier molecular flexibility index (Phi) is 4.40. The molecule has 26 heavy (non-hydrogen) atoms. The molecule has 3 aromatic heterocycles. The summed E-state index contributed by atoms with van der Waals surface area (Å²) in [5.74, 6) is 0.170. The lowest BCUT2D eigenvalue weighted by Crippen LogP contribution is -2.25. The van der Waals surface area contributed by atoms with E-state index in [1.54, 1.807) is 0 Å². The summed E-state index contributed by atoms with van der Waals surface area (Å²) in [4.78, 5) is -0.565. The monoisotopic (exact) mass is 418 g/mol. The maximum Gasteiger partial charge on any atom is 0.290 e. The van der Waals surface area contributed by atoms with Gasteiger partial charge in [0.15, 0.2) is 21.3 Å². The van der Waals surface area contributed by atoms with Gasteiger partial charge in [-0.15, -0.1) is 15.7 Å². The van der Waals surface area contributed by atoms with Crippen LogP contribution in [-0.2, 0) is 20.0 Å². The number of thiazole rings is 1. The van der Waals surface area contributed by atoms with Gasteiger partial charge >= 0.3 is 0 Å². The van der Waals surface area contributed by atoms with Gasteiger partial charge in [0.25, 0.3) is 20.0 Å². The lowest BCUT2D eigenvalue weighted by Gasteiger charge is -2.04. The molecule has 0 aliphatic carbocycles. The molecule has 0 aliphatic heterocycles. The molecule has 0 unspecified atom stereocenters. The smallest absolute Gasteiger partial charge is 0.290 e. The minimum Gasteiger partial charge on any atom is -0.360 e. The molecule has 0 bridgehead atoms. The van der Waals surface area contributed by atoms with Crippen LogP contribution >= 0.6 is 11.3 Å². The molecule has 0 spiro atoms. The zero-order valence-electron chi connectivity index (χ0n) is 14.1. The third-order valence-electron chi connectivity index (χ3n) is 3.47. The summed E-state index contributed by atoms with van der Waals surface area (Å²) in [5, 5.41) is 8.63. The molecular weight excluding hydrogens is 404 g/mol. The van der Waals surface area contributed by atoms with Gasteiger partial charge in [0.1, 0.15) is 11.4 Å². The van der Waals surface area contributed by atoms with E-state index in [2.05, 4.69) is 14.7 Å². The molecule has 0 N–H and O–H groups in total. The molecule has 0 fully saturated rings. The number of nitrogens with zero attached hydrogens (tertiary/aromatic N) is 4. The lowest BCUT2D eigenvalue weighted by atomic mass is 10.4. The first-order valence-electron chi connectivity index (χ1n) is 7.14. The number of sulfonamides is 1. The van der Waals surface area contributed by atoms with Gasteiger partial charge in [-0.05, 0) is 27.7 Å². The van der Waals surface area contributed by atoms with Crippen LogP contribution in [0.3, 0.4) is 0 Å². The summed E-state index contributed by atoms with van der Waals surface area (Å²) in [7, 11) is -8.35. The van der Waals surface area contributed by atoms with E-state index >= 15 is 0 Å². The van der Waals surface area contributed by atoms with Gasteiger partial charge in [-0.2, -0.15) is 8.42 Å². The predicted molar refractivity (Wildman–Crippen MR) is 89.6 cm³/mol.